The van der Waals surface area contributed by atoms with Gasteiger partial charge in [0.05, 0.1) is 22.7 Å². The summed E-state index contributed by atoms with van der Waals surface area (Å²) in [5.74, 6) is -4.28. The van der Waals surface area contributed by atoms with Gasteiger partial charge in [-0.3, -0.25) is 14.4 Å². The topological polar surface area (TPSA) is 142 Å². The lowest BCUT2D eigenvalue weighted by molar-refractivity contribution is -0.139. The largest absolute Gasteiger partial charge is 0.506 e. The van der Waals surface area contributed by atoms with E-state index in [1.54, 1.807) is 0 Å². The van der Waals surface area contributed by atoms with E-state index >= 15 is 0 Å². The molecule has 3 N–H and O–H groups in total. The molecule has 0 saturated carbocycles. The van der Waals surface area contributed by atoms with Crippen molar-refractivity contribution in [3.63, 3.8) is 0 Å². The fraction of sp³-hybridized carbons (Fsp3) is 0.217. The second-order valence-corrected chi connectivity index (χ2v) is 7.49. The predicted molar refractivity (Wildman–Crippen MR) is 116 cm³/mol. The van der Waals surface area contributed by atoms with E-state index in [9.17, 15) is 32.7 Å². The second-order valence-electron chi connectivity index (χ2n) is 7.49. The number of carboxylic acid groups (broad SMARTS) is 1. The number of amides is 1. The molecule has 1 heterocycles. The van der Waals surface area contributed by atoms with Crippen molar-refractivity contribution >= 4 is 22.8 Å². The van der Waals surface area contributed by atoms with E-state index in [2.05, 4.69) is 0 Å². The Bertz CT molecular complexity index is 1420. The summed E-state index contributed by atoms with van der Waals surface area (Å²) < 4.78 is 48.0. The van der Waals surface area contributed by atoms with Crippen LogP contribution in [0, 0.1) is 11.3 Å². The van der Waals surface area contributed by atoms with Crippen molar-refractivity contribution in [1.29, 1.82) is 5.26 Å². The van der Waals surface area contributed by atoms with Crippen molar-refractivity contribution in [2.45, 2.75) is 19.2 Å². The van der Waals surface area contributed by atoms with Gasteiger partial charge in [-0.25, -0.2) is 0 Å². The van der Waals surface area contributed by atoms with Crippen LogP contribution in [0.2, 0.25) is 0 Å². The number of aromatic nitrogens is 1. The van der Waals surface area contributed by atoms with Crippen molar-refractivity contribution in [2.24, 2.45) is 7.05 Å². The van der Waals surface area contributed by atoms with E-state index in [1.807, 2.05) is 11.4 Å². The van der Waals surface area contributed by atoms with Gasteiger partial charge in [0, 0.05) is 12.4 Å². The average molecular weight is 489 g/mol. The highest BCUT2D eigenvalue weighted by Gasteiger charge is 2.37. The molecule has 3 rings (SSSR count). The van der Waals surface area contributed by atoms with Crippen molar-refractivity contribution in [3.05, 3.63) is 69.0 Å². The third-order valence-electron chi connectivity index (χ3n) is 5.21. The zero-order chi connectivity index (χ0) is 26.1. The molecule has 1 atom stereocenters. The number of ether oxygens (including phenoxy) is 1. The molecule has 1 aromatic heterocycles. The smallest absolute Gasteiger partial charge is 0.420 e. The van der Waals surface area contributed by atoms with Crippen LogP contribution in [0.15, 0.2) is 41.2 Å². The number of aliphatic carboxylic acids is 1. The van der Waals surface area contributed by atoms with Gasteiger partial charge < -0.3 is 24.8 Å². The van der Waals surface area contributed by atoms with E-state index in [1.165, 1.54) is 31.2 Å². The normalized spacial score (nSPS) is 12.1. The Morgan fingerprint density at radius 3 is 2.37 bits per heavy atom. The fourth-order valence-electron chi connectivity index (χ4n) is 3.47. The quantitative estimate of drug-likeness (QED) is 0.483. The molecule has 1 amide bonds. The molecule has 0 radical (unpaired) electrons. The number of pyridine rings is 1. The molecule has 0 aliphatic rings. The number of nitrogens with one attached hydrogen (secondary N) is 1. The first-order valence-corrected chi connectivity index (χ1v) is 9.99. The van der Waals surface area contributed by atoms with Crippen LogP contribution in [-0.2, 0) is 18.0 Å². The van der Waals surface area contributed by atoms with Gasteiger partial charge in [0.1, 0.15) is 24.0 Å². The first kappa shape index (κ1) is 25.1. The number of halogens is 3. The number of nitrogens with zero attached hydrogens (tertiary/aromatic N) is 2. The lowest BCUT2D eigenvalue weighted by Crippen LogP contribution is -2.35. The summed E-state index contributed by atoms with van der Waals surface area (Å²) >= 11 is 0. The molecule has 12 heteroatoms. The van der Waals surface area contributed by atoms with Gasteiger partial charge in [0.25, 0.3) is 11.5 Å². The van der Waals surface area contributed by atoms with Crippen LogP contribution < -0.4 is 15.6 Å². The van der Waals surface area contributed by atoms with Gasteiger partial charge in [-0.2, -0.15) is 18.4 Å². The van der Waals surface area contributed by atoms with E-state index in [4.69, 9.17) is 15.1 Å². The number of carbonyl (C=O) groups is 2. The van der Waals surface area contributed by atoms with Crippen LogP contribution in [-0.4, -0.2) is 33.2 Å². The van der Waals surface area contributed by atoms with Crippen LogP contribution in [0.5, 0.6) is 11.5 Å². The van der Waals surface area contributed by atoms with Crippen molar-refractivity contribution in [2.75, 3.05) is 6.54 Å². The fourth-order valence-corrected chi connectivity index (χ4v) is 3.47. The SMILES string of the molecule is CC(Oc1c(C(F)(F)F)ccc2c(O)c(C(=O)NCC(=O)O)c(=O)n(C)c12)c1ccc(C#N)cc1. The van der Waals surface area contributed by atoms with E-state index in [0.29, 0.717) is 17.2 Å². The van der Waals surface area contributed by atoms with Gasteiger partial charge in [-0.1, -0.05) is 12.1 Å². The number of aryl methyl sites for hydroxylation is 1. The Labute approximate surface area is 195 Å². The molecule has 0 bridgehead atoms. The zero-order valence-electron chi connectivity index (χ0n) is 18.3. The third-order valence-corrected chi connectivity index (χ3v) is 5.21. The molecule has 0 saturated heterocycles. The number of aromatic hydroxyl groups is 1. The molecule has 9 nitrogen and oxygen atoms in total. The zero-order valence-corrected chi connectivity index (χ0v) is 18.3. The van der Waals surface area contributed by atoms with Gasteiger partial charge in [0.2, 0.25) is 0 Å². The first-order chi connectivity index (χ1) is 16.4. The summed E-state index contributed by atoms with van der Waals surface area (Å²) in [6.07, 6.45) is -5.86. The number of hydrogen-bond acceptors (Lipinski definition) is 6. The van der Waals surface area contributed by atoms with Gasteiger partial charge in [-0.15, -0.1) is 0 Å². The highest BCUT2D eigenvalue weighted by Crippen LogP contribution is 2.43. The number of benzene rings is 2. The standard InChI is InChI=1S/C23H18F3N3O6/c1-11(13-5-3-12(9-27)4-6-13)35-20-15(23(24,25)26)8-7-14-18(20)29(2)22(34)17(19(14)32)21(33)28-10-16(30)31/h3-8,11,32H,10H2,1-2H3,(H,28,33)(H,30,31). The van der Waals surface area contributed by atoms with Crippen LogP contribution >= 0.6 is 0 Å². The summed E-state index contributed by atoms with van der Waals surface area (Å²) in [7, 11) is 1.09. The van der Waals surface area contributed by atoms with Gasteiger partial charge >= 0.3 is 12.1 Å². The molecular formula is C23H18F3N3O6. The van der Waals surface area contributed by atoms with Gasteiger partial charge in [0.15, 0.2) is 5.75 Å². The summed E-state index contributed by atoms with van der Waals surface area (Å²) in [6.45, 7) is 0.620. The maximum atomic E-state index is 13.9. The van der Waals surface area contributed by atoms with Crippen LogP contribution in [0.4, 0.5) is 13.2 Å². The number of nitriles is 1. The Morgan fingerprint density at radius 2 is 1.83 bits per heavy atom. The molecular weight excluding hydrogens is 471 g/mol. The number of hydrogen-bond donors (Lipinski definition) is 3. The van der Waals surface area contributed by atoms with Crippen molar-refractivity contribution < 1.29 is 37.7 Å². The number of carbonyl (C=O) groups excluding carboxylic acids is 1. The molecule has 0 fully saturated rings. The predicted octanol–water partition coefficient (Wildman–Crippen LogP) is 3.09. The molecule has 1 unspecified atom stereocenters. The molecule has 3 aromatic rings. The summed E-state index contributed by atoms with van der Waals surface area (Å²) in [6, 6.07) is 9.39. The maximum absolute atomic E-state index is 13.9. The monoisotopic (exact) mass is 489 g/mol. The minimum absolute atomic E-state index is 0.289. The molecule has 0 aliphatic carbocycles. The highest BCUT2D eigenvalue weighted by atomic mass is 19.4. The minimum atomic E-state index is -4.89. The van der Waals surface area contributed by atoms with Gasteiger partial charge in [-0.05, 0) is 36.8 Å². The molecule has 35 heavy (non-hydrogen) atoms. The van der Waals surface area contributed by atoms with Crippen molar-refractivity contribution in [3.8, 4) is 17.6 Å². The molecule has 182 valence electrons. The van der Waals surface area contributed by atoms with Crippen LogP contribution in [0.25, 0.3) is 10.9 Å². The lowest BCUT2D eigenvalue weighted by Gasteiger charge is -2.22. The van der Waals surface area contributed by atoms with E-state index < -0.39 is 64.4 Å². The lowest BCUT2D eigenvalue weighted by atomic mass is 10.0. The number of fused-ring (bicyclic) bond motifs is 1. The summed E-state index contributed by atoms with van der Waals surface area (Å²) in [5, 5.41) is 29.9. The maximum Gasteiger partial charge on any atom is 0.420 e. The number of alkyl halides is 3. The molecule has 0 aliphatic heterocycles. The van der Waals surface area contributed by atoms with Crippen LogP contribution in [0.1, 0.15) is 40.1 Å². The minimum Gasteiger partial charge on any atom is -0.506 e. The average Bonchev–Trinajstić information content (AvgIpc) is 2.80. The van der Waals surface area contributed by atoms with Crippen molar-refractivity contribution in [1.82, 2.24) is 9.88 Å². The Hall–Kier alpha value is -4.53. The second kappa shape index (κ2) is 9.38. The Morgan fingerprint density at radius 1 is 1.20 bits per heavy atom. The van der Waals surface area contributed by atoms with Crippen LogP contribution in [0.3, 0.4) is 0 Å². The summed E-state index contributed by atoms with van der Waals surface area (Å²) in [4.78, 5) is 35.9. The summed E-state index contributed by atoms with van der Waals surface area (Å²) in [5.41, 5.74) is -2.85. The first-order valence-electron chi connectivity index (χ1n) is 9.99. The van der Waals surface area contributed by atoms with E-state index in [0.717, 1.165) is 17.7 Å². The third kappa shape index (κ3) is 4.89. The molecule has 0 spiro atoms. The van der Waals surface area contributed by atoms with E-state index in [-0.39, 0.29) is 5.39 Å². The Balaban J connectivity index is 2.23. The number of rotatable bonds is 6. The molecule has 2 aromatic carbocycles. The Kier molecular flexibility index (Phi) is 6.72. The number of carboxylic acids is 1. The highest BCUT2D eigenvalue weighted by molar-refractivity contribution is 6.04.